The number of aryl methyl sites for hydroxylation is 2. The van der Waals surface area contributed by atoms with E-state index in [1.807, 2.05) is 63.2 Å². The van der Waals surface area contributed by atoms with E-state index in [0.29, 0.717) is 18.5 Å². The number of amides is 2. The second-order valence-electron chi connectivity index (χ2n) is 8.85. The van der Waals surface area contributed by atoms with Gasteiger partial charge >= 0.3 is 0 Å². The molecular formula is C29H35N3O4S. The van der Waals surface area contributed by atoms with E-state index in [0.717, 1.165) is 16.7 Å². The Morgan fingerprint density at radius 3 is 2.11 bits per heavy atom. The zero-order chi connectivity index (χ0) is 27.0. The van der Waals surface area contributed by atoms with Gasteiger partial charge in [0, 0.05) is 13.6 Å². The quantitative estimate of drug-likeness (QED) is 0.408. The van der Waals surface area contributed by atoms with Crippen LogP contribution in [0, 0.1) is 6.92 Å². The molecule has 0 fully saturated rings. The molecule has 0 saturated carbocycles. The first-order chi connectivity index (χ1) is 17.7. The van der Waals surface area contributed by atoms with Gasteiger partial charge in [-0.2, -0.15) is 0 Å². The average molecular weight is 522 g/mol. The number of rotatable bonds is 11. The fraction of sp³-hybridized carbons (Fsp3) is 0.310. The fourth-order valence-corrected chi connectivity index (χ4v) is 5.72. The Kier molecular flexibility index (Phi) is 9.47. The van der Waals surface area contributed by atoms with Crippen molar-refractivity contribution in [2.75, 3.05) is 17.9 Å². The summed E-state index contributed by atoms with van der Waals surface area (Å²) in [5, 5.41) is 2.64. The van der Waals surface area contributed by atoms with Crippen LogP contribution in [-0.4, -0.2) is 44.8 Å². The molecule has 7 nitrogen and oxygen atoms in total. The smallest absolute Gasteiger partial charge is 0.264 e. The van der Waals surface area contributed by atoms with Crippen LogP contribution in [0.5, 0.6) is 0 Å². The predicted molar refractivity (Wildman–Crippen MR) is 147 cm³/mol. The van der Waals surface area contributed by atoms with E-state index in [-0.39, 0.29) is 17.3 Å². The second kappa shape index (κ2) is 12.5. The minimum absolute atomic E-state index is 0.102. The Labute approximate surface area is 220 Å². The van der Waals surface area contributed by atoms with Crippen LogP contribution in [0.2, 0.25) is 0 Å². The molecule has 1 atom stereocenters. The molecule has 0 bridgehead atoms. The maximum atomic E-state index is 13.9. The molecule has 0 aliphatic heterocycles. The minimum atomic E-state index is -4.08. The normalized spacial score (nSPS) is 12.0. The highest BCUT2D eigenvalue weighted by molar-refractivity contribution is 7.92. The van der Waals surface area contributed by atoms with Gasteiger partial charge in [0.1, 0.15) is 12.6 Å². The molecule has 0 saturated heterocycles. The van der Waals surface area contributed by atoms with E-state index < -0.39 is 28.5 Å². The Morgan fingerprint density at radius 1 is 0.892 bits per heavy atom. The molecule has 2 amide bonds. The van der Waals surface area contributed by atoms with E-state index in [2.05, 4.69) is 5.32 Å². The van der Waals surface area contributed by atoms with Crippen molar-refractivity contribution in [1.29, 1.82) is 0 Å². The zero-order valence-electron chi connectivity index (χ0n) is 21.8. The van der Waals surface area contributed by atoms with Crippen LogP contribution >= 0.6 is 0 Å². The van der Waals surface area contributed by atoms with Gasteiger partial charge in [0.15, 0.2) is 0 Å². The highest BCUT2D eigenvalue weighted by Crippen LogP contribution is 2.28. The van der Waals surface area contributed by atoms with E-state index in [1.165, 1.54) is 16.3 Å². The Balaban J connectivity index is 2.09. The minimum Gasteiger partial charge on any atom is -0.357 e. The van der Waals surface area contributed by atoms with E-state index in [4.69, 9.17) is 0 Å². The van der Waals surface area contributed by atoms with Crippen LogP contribution in [-0.2, 0) is 32.6 Å². The number of nitrogens with zero attached hydrogens (tertiary/aromatic N) is 2. The van der Waals surface area contributed by atoms with Crippen LogP contribution in [0.4, 0.5) is 5.69 Å². The molecule has 0 aliphatic carbocycles. The SMILES string of the molecule is CCc1ccccc1N(CC(=O)N(Cc1ccccc1)C(CC)C(=O)NC)S(=O)(=O)c1ccc(C)cc1. The molecule has 0 aliphatic rings. The molecule has 3 aromatic rings. The number of nitrogens with one attached hydrogen (secondary N) is 1. The lowest BCUT2D eigenvalue weighted by Gasteiger charge is -2.33. The molecule has 1 N–H and O–H groups in total. The van der Waals surface area contributed by atoms with Gasteiger partial charge in [0.25, 0.3) is 10.0 Å². The maximum Gasteiger partial charge on any atom is 0.264 e. The number of sulfonamides is 1. The lowest BCUT2D eigenvalue weighted by molar-refractivity contribution is -0.140. The summed E-state index contributed by atoms with van der Waals surface area (Å²) in [5.74, 6) is -0.755. The van der Waals surface area contributed by atoms with Crippen LogP contribution in [0.1, 0.15) is 37.0 Å². The van der Waals surface area contributed by atoms with Crippen molar-refractivity contribution in [3.05, 3.63) is 95.6 Å². The Hall–Kier alpha value is -3.65. The molecule has 0 heterocycles. The van der Waals surface area contributed by atoms with E-state index >= 15 is 0 Å². The molecule has 3 aromatic carbocycles. The maximum absolute atomic E-state index is 13.9. The second-order valence-corrected chi connectivity index (χ2v) is 10.7. The lowest BCUT2D eigenvalue weighted by atomic mass is 10.1. The number of carbonyl (C=O) groups is 2. The van der Waals surface area contributed by atoms with Crippen LogP contribution < -0.4 is 9.62 Å². The number of likely N-dealkylation sites (N-methyl/N-ethyl adjacent to an activating group) is 1. The summed E-state index contributed by atoms with van der Waals surface area (Å²) < 4.78 is 29.0. The topological polar surface area (TPSA) is 86.8 Å². The van der Waals surface area contributed by atoms with Crippen molar-refractivity contribution in [3.8, 4) is 0 Å². The summed E-state index contributed by atoms with van der Waals surface area (Å²) in [6, 6.07) is 22.4. The standard InChI is InChI=1S/C29H35N3O4S/c1-5-24-14-10-11-15-27(24)32(37(35,36)25-18-16-22(3)17-19-25)21-28(33)31(26(6-2)29(34)30-4)20-23-12-8-7-9-13-23/h7-19,26H,5-6,20-21H2,1-4H3,(H,30,34). The van der Waals surface area contributed by atoms with Crippen molar-refractivity contribution in [2.24, 2.45) is 0 Å². The van der Waals surface area contributed by atoms with Crippen molar-refractivity contribution >= 4 is 27.5 Å². The van der Waals surface area contributed by atoms with Gasteiger partial charge < -0.3 is 10.2 Å². The molecule has 37 heavy (non-hydrogen) atoms. The van der Waals surface area contributed by atoms with Gasteiger partial charge in [-0.1, -0.05) is 80.1 Å². The molecule has 0 radical (unpaired) electrons. The van der Waals surface area contributed by atoms with Crippen LogP contribution in [0.25, 0.3) is 0 Å². The fourth-order valence-electron chi connectivity index (χ4n) is 4.27. The monoisotopic (exact) mass is 521 g/mol. The summed E-state index contributed by atoms with van der Waals surface area (Å²) in [7, 11) is -2.55. The van der Waals surface area contributed by atoms with Gasteiger partial charge in [-0.25, -0.2) is 8.42 Å². The van der Waals surface area contributed by atoms with Crippen molar-refractivity contribution in [1.82, 2.24) is 10.2 Å². The summed E-state index contributed by atoms with van der Waals surface area (Å²) >= 11 is 0. The molecule has 3 rings (SSSR count). The van der Waals surface area contributed by atoms with Crippen LogP contribution in [0.3, 0.4) is 0 Å². The third-order valence-electron chi connectivity index (χ3n) is 6.36. The third kappa shape index (κ3) is 6.57. The molecule has 0 spiro atoms. The number of carbonyl (C=O) groups excluding carboxylic acids is 2. The van der Waals surface area contributed by atoms with Gasteiger partial charge in [-0.3, -0.25) is 13.9 Å². The first-order valence-corrected chi connectivity index (χ1v) is 13.9. The van der Waals surface area contributed by atoms with E-state index in [9.17, 15) is 18.0 Å². The van der Waals surface area contributed by atoms with Crippen molar-refractivity contribution < 1.29 is 18.0 Å². The highest BCUT2D eigenvalue weighted by atomic mass is 32.2. The molecule has 0 aromatic heterocycles. The summed E-state index contributed by atoms with van der Waals surface area (Å²) in [6.07, 6.45) is 0.975. The average Bonchev–Trinajstić information content (AvgIpc) is 2.92. The third-order valence-corrected chi connectivity index (χ3v) is 8.13. The van der Waals surface area contributed by atoms with Crippen molar-refractivity contribution in [3.63, 3.8) is 0 Å². The van der Waals surface area contributed by atoms with Gasteiger partial charge in [0.05, 0.1) is 10.6 Å². The Bertz CT molecular complexity index is 1310. The van der Waals surface area contributed by atoms with Crippen molar-refractivity contribution in [2.45, 2.75) is 51.1 Å². The predicted octanol–water partition coefficient (Wildman–Crippen LogP) is 4.31. The molecular weight excluding hydrogens is 486 g/mol. The molecule has 196 valence electrons. The number of hydrogen-bond acceptors (Lipinski definition) is 4. The van der Waals surface area contributed by atoms with E-state index in [1.54, 1.807) is 36.4 Å². The first-order valence-electron chi connectivity index (χ1n) is 12.4. The summed E-state index contributed by atoms with van der Waals surface area (Å²) in [5.41, 5.74) is 3.03. The largest absolute Gasteiger partial charge is 0.357 e. The summed E-state index contributed by atoms with van der Waals surface area (Å²) in [4.78, 5) is 28.2. The van der Waals surface area contributed by atoms with Gasteiger partial charge in [-0.15, -0.1) is 0 Å². The number of benzene rings is 3. The zero-order valence-corrected chi connectivity index (χ0v) is 22.7. The number of hydrogen-bond donors (Lipinski definition) is 1. The number of anilines is 1. The highest BCUT2D eigenvalue weighted by Gasteiger charge is 2.34. The first kappa shape index (κ1) is 27.9. The Morgan fingerprint density at radius 2 is 1.51 bits per heavy atom. The molecule has 1 unspecified atom stereocenters. The lowest BCUT2D eigenvalue weighted by Crippen LogP contribution is -2.51. The van der Waals surface area contributed by atoms with Crippen LogP contribution in [0.15, 0.2) is 83.8 Å². The number of para-hydroxylation sites is 1. The van der Waals surface area contributed by atoms with Gasteiger partial charge in [0.2, 0.25) is 11.8 Å². The summed E-state index contributed by atoms with van der Waals surface area (Å²) in [6.45, 7) is 5.40. The molecule has 8 heteroatoms. The van der Waals surface area contributed by atoms with Gasteiger partial charge in [-0.05, 0) is 49.1 Å².